The van der Waals surface area contributed by atoms with Crippen LogP contribution in [0.25, 0.3) is 0 Å². The summed E-state index contributed by atoms with van der Waals surface area (Å²) in [5, 5.41) is 11.3. The zero-order valence-electron chi connectivity index (χ0n) is 9.71. The highest BCUT2D eigenvalue weighted by Crippen LogP contribution is 2.30. The molecule has 0 fully saturated rings. The first-order valence-electron chi connectivity index (χ1n) is 5.54. The van der Waals surface area contributed by atoms with Crippen LogP contribution in [0.1, 0.15) is 17.2 Å². The van der Waals surface area contributed by atoms with Crippen molar-refractivity contribution < 1.29 is 5.11 Å². The molecule has 2 aromatic carbocycles. The topological polar surface area (TPSA) is 20.2 Å². The Kier molecular flexibility index (Phi) is 5.32. The molecule has 19 heavy (non-hydrogen) atoms. The lowest BCUT2D eigenvalue weighted by Crippen LogP contribution is -2.03. The normalized spacial score (nSPS) is 12.5. The van der Waals surface area contributed by atoms with Crippen LogP contribution in [-0.2, 0) is 6.42 Å². The Labute approximate surface area is 138 Å². The van der Waals surface area contributed by atoms with Crippen LogP contribution in [0.2, 0.25) is 10.0 Å². The molecule has 1 nitrogen and oxygen atoms in total. The van der Waals surface area contributed by atoms with Crippen LogP contribution in [0, 0.1) is 0 Å². The van der Waals surface area contributed by atoms with Crippen LogP contribution >= 0.6 is 55.1 Å². The number of benzene rings is 2. The van der Waals surface area contributed by atoms with Crippen LogP contribution < -0.4 is 0 Å². The minimum absolute atomic E-state index is 0.478. The van der Waals surface area contributed by atoms with Crippen molar-refractivity contribution in [2.24, 2.45) is 0 Å². The van der Waals surface area contributed by atoms with Gasteiger partial charge in [-0.15, -0.1) is 0 Å². The minimum atomic E-state index is -0.607. The van der Waals surface area contributed by atoms with Crippen molar-refractivity contribution >= 4 is 55.1 Å². The van der Waals surface area contributed by atoms with E-state index in [-0.39, 0.29) is 0 Å². The van der Waals surface area contributed by atoms with Gasteiger partial charge in [0.25, 0.3) is 0 Å². The average molecular weight is 425 g/mol. The molecule has 1 N–H and O–H groups in total. The van der Waals surface area contributed by atoms with Gasteiger partial charge in [0, 0.05) is 15.4 Å². The van der Waals surface area contributed by atoms with Crippen molar-refractivity contribution in [2.45, 2.75) is 12.5 Å². The fourth-order valence-electron chi connectivity index (χ4n) is 1.77. The Morgan fingerprint density at radius 2 is 1.74 bits per heavy atom. The molecule has 1 unspecified atom stereocenters. The van der Waals surface area contributed by atoms with E-state index in [2.05, 4.69) is 31.9 Å². The lowest BCUT2D eigenvalue weighted by molar-refractivity contribution is 0.177. The second-order valence-corrected chi connectivity index (χ2v) is 6.72. The highest BCUT2D eigenvalue weighted by Gasteiger charge is 2.13. The highest BCUT2D eigenvalue weighted by atomic mass is 79.9. The Bertz CT molecular complexity index is 602. The number of halogens is 4. The molecule has 0 aliphatic rings. The maximum atomic E-state index is 10.3. The monoisotopic (exact) mass is 422 g/mol. The van der Waals surface area contributed by atoms with Gasteiger partial charge in [0.05, 0.1) is 16.1 Å². The summed E-state index contributed by atoms with van der Waals surface area (Å²) in [6.45, 7) is 0. The van der Waals surface area contributed by atoms with Gasteiger partial charge >= 0.3 is 0 Å². The van der Waals surface area contributed by atoms with E-state index in [0.717, 1.165) is 20.1 Å². The van der Waals surface area contributed by atoms with Gasteiger partial charge < -0.3 is 5.11 Å². The molecule has 0 spiro atoms. The number of aliphatic hydroxyl groups excluding tert-OH is 1. The molecule has 0 saturated carbocycles. The Morgan fingerprint density at radius 1 is 1.00 bits per heavy atom. The van der Waals surface area contributed by atoms with Crippen LogP contribution in [0.3, 0.4) is 0 Å². The Balaban J connectivity index is 2.22. The third-order valence-electron chi connectivity index (χ3n) is 2.73. The third-order valence-corrected chi connectivity index (χ3v) is 4.68. The zero-order chi connectivity index (χ0) is 14.0. The second-order valence-electron chi connectivity index (χ2n) is 4.13. The number of rotatable bonds is 3. The maximum absolute atomic E-state index is 10.3. The first-order valence-corrected chi connectivity index (χ1v) is 7.88. The molecular formula is C14H10Br2Cl2O. The van der Waals surface area contributed by atoms with E-state index in [0.29, 0.717) is 16.5 Å². The maximum Gasteiger partial charge on any atom is 0.0841 e. The third kappa shape index (κ3) is 3.96. The minimum Gasteiger partial charge on any atom is -0.388 e. The molecule has 0 aliphatic heterocycles. The van der Waals surface area contributed by atoms with E-state index in [1.165, 1.54) is 0 Å². The largest absolute Gasteiger partial charge is 0.388 e. The fraction of sp³-hybridized carbons (Fsp3) is 0.143. The van der Waals surface area contributed by atoms with Crippen molar-refractivity contribution in [3.63, 3.8) is 0 Å². The second kappa shape index (κ2) is 6.59. The van der Waals surface area contributed by atoms with Gasteiger partial charge in [-0.1, -0.05) is 61.1 Å². The molecule has 2 rings (SSSR count). The van der Waals surface area contributed by atoms with Crippen molar-refractivity contribution in [2.75, 3.05) is 0 Å². The lowest BCUT2D eigenvalue weighted by atomic mass is 10.0. The Hall–Kier alpha value is -0.0600. The summed E-state index contributed by atoms with van der Waals surface area (Å²) in [5.41, 5.74) is 1.77. The van der Waals surface area contributed by atoms with Crippen LogP contribution in [0.5, 0.6) is 0 Å². The smallest absolute Gasteiger partial charge is 0.0841 e. The van der Waals surface area contributed by atoms with Gasteiger partial charge in [-0.05, 0) is 41.5 Å². The molecule has 0 amide bonds. The summed E-state index contributed by atoms with van der Waals surface area (Å²) in [6.07, 6.45) is -0.129. The van der Waals surface area contributed by atoms with Gasteiger partial charge in [0.2, 0.25) is 0 Å². The van der Waals surface area contributed by atoms with Crippen molar-refractivity contribution in [1.29, 1.82) is 0 Å². The summed E-state index contributed by atoms with van der Waals surface area (Å²) in [7, 11) is 0. The molecule has 0 aliphatic carbocycles. The van der Waals surface area contributed by atoms with E-state index in [4.69, 9.17) is 23.2 Å². The van der Waals surface area contributed by atoms with E-state index in [1.54, 1.807) is 12.1 Å². The molecule has 0 aromatic heterocycles. The van der Waals surface area contributed by atoms with Crippen molar-refractivity contribution in [3.8, 4) is 0 Å². The summed E-state index contributed by atoms with van der Waals surface area (Å²) in [4.78, 5) is 0. The average Bonchev–Trinajstić information content (AvgIpc) is 2.36. The van der Waals surface area contributed by atoms with Gasteiger partial charge in [-0.25, -0.2) is 0 Å². The molecule has 2 aromatic rings. The number of aliphatic hydroxyl groups is 1. The van der Waals surface area contributed by atoms with E-state index >= 15 is 0 Å². The number of hydrogen-bond acceptors (Lipinski definition) is 1. The highest BCUT2D eigenvalue weighted by molar-refractivity contribution is 9.11. The molecule has 0 bridgehead atoms. The van der Waals surface area contributed by atoms with Crippen molar-refractivity contribution in [1.82, 2.24) is 0 Å². The molecule has 100 valence electrons. The molecule has 1 atom stereocenters. The summed E-state index contributed by atoms with van der Waals surface area (Å²) in [5.74, 6) is 0. The molecule has 5 heteroatoms. The Morgan fingerprint density at radius 3 is 2.42 bits per heavy atom. The van der Waals surface area contributed by atoms with Crippen LogP contribution in [0.15, 0.2) is 45.3 Å². The quantitative estimate of drug-likeness (QED) is 0.660. The van der Waals surface area contributed by atoms with Gasteiger partial charge in [0.1, 0.15) is 0 Å². The predicted octanol–water partition coefficient (Wildman–Crippen LogP) is 5.79. The van der Waals surface area contributed by atoms with Crippen LogP contribution in [0.4, 0.5) is 0 Å². The van der Waals surface area contributed by atoms with Gasteiger partial charge in [-0.3, -0.25) is 0 Å². The van der Waals surface area contributed by atoms with Crippen LogP contribution in [-0.4, -0.2) is 5.11 Å². The number of hydrogen-bond donors (Lipinski definition) is 1. The predicted molar refractivity (Wildman–Crippen MR) is 87.0 cm³/mol. The SMILES string of the molecule is OC(Cc1ccc(Cl)c(Cl)c1)c1cc(Br)ccc1Br. The van der Waals surface area contributed by atoms with Gasteiger partial charge in [0.15, 0.2) is 0 Å². The lowest BCUT2D eigenvalue weighted by Gasteiger charge is -2.14. The van der Waals surface area contributed by atoms with E-state index in [9.17, 15) is 5.11 Å². The summed E-state index contributed by atoms with van der Waals surface area (Å²) >= 11 is 18.7. The summed E-state index contributed by atoms with van der Waals surface area (Å²) in [6, 6.07) is 11.1. The van der Waals surface area contributed by atoms with Gasteiger partial charge in [-0.2, -0.15) is 0 Å². The van der Waals surface area contributed by atoms with Crippen molar-refractivity contribution in [3.05, 3.63) is 66.5 Å². The first kappa shape index (κ1) is 15.3. The standard InChI is InChI=1S/C14H10Br2Cl2O/c15-9-2-3-11(16)10(7-9)14(19)6-8-1-4-12(17)13(18)5-8/h1-5,7,14,19H,6H2. The molecule has 0 heterocycles. The fourth-order valence-corrected chi connectivity index (χ4v) is 2.98. The molecular weight excluding hydrogens is 415 g/mol. The zero-order valence-corrected chi connectivity index (χ0v) is 14.4. The first-order chi connectivity index (χ1) is 8.97. The summed E-state index contributed by atoms with van der Waals surface area (Å²) < 4.78 is 1.81. The molecule has 0 radical (unpaired) electrons. The molecule has 0 saturated heterocycles. The van der Waals surface area contributed by atoms with E-state index < -0.39 is 6.10 Å². The van der Waals surface area contributed by atoms with E-state index in [1.807, 2.05) is 24.3 Å².